The number of esters is 1. The van der Waals surface area contributed by atoms with E-state index in [1.54, 1.807) is 0 Å². The zero-order valence-electron chi connectivity index (χ0n) is 14.2. The summed E-state index contributed by atoms with van der Waals surface area (Å²) in [6.07, 6.45) is 3.14. The second kappa shape index (κ2) is 11.8. The molecule has 23 heavy (non-hydrogen) atoms. The molecule has 2 unspecified atom stereocenters. The van der Waals surface area contributed by atoms with E-state index in [4.69, 9.17) is 19.3 Å². The van der Waals surface area contributed by atoms with E-state index < -0.39 is 19.9 Å². The van der Waals surface area contributed by atoms with E-state index in [0.29, 0.717) is 12.5 Å². The minimum atomic E-state index is -4.68. The molecule has 0 saturated carbocycles. The maximum atomic E-state index is 11.3. The highest BCUT2D eigenvalue weighted by molar-refractivity contribution is 7.46. The second-order valence-corrected chi connectivity index (χ2v) is 6.87. The quantitative estimate of drug-likeness (QED) is 0.227. The third-order valence-electron chi connectivity index (χ3n) is 3.27. The summed E-state index contributed by atoms with van der Waals surface area (Å²) in [6, 6.07) is 0. The Kier molecular flexibility index (Phi) is 11.4. The van der Waals surface area contributed by atoms with Crippen LogP contribution in [0.15, 0.2) is 12.2 Å². The number of unbranched alkanes of at least 4 members (excludes halogenated alkanes) is 1. The molecule has 0 aliphatic rings. The molecule has 0 aliphatic heterocycles. The van der Waals surface area contributed by atoms with Crippen LogP contribution in [0.4, 0.5) is 0 Å². The van der Waals surface area contributed by atoms with Gasteiger partial charge in [-0.25, -0.2) is 9.36 Å². The monoisotopic (exact) mass is 352 g/mol. The van der Waals surface area contributed by atoms with Crippen LogP contribution in [0, 0.1) is 5.92 Å². The van der Waals surface area contributed by atoms with Crippen molar-refractivity contribution in [2.24, 2.45) is 5.92 Å². The van der Waals surface area contributed by atoms with E-state index in [0.717, 1.165) is 25.7 Å². The van der Waals surface area contributed by atoms with E-state index in [1.807, 2.05) is 0 Å². The Morgan fingerprint density at radius 3 is 2.43 bits per heavy atom. The van der Waals surface area contributed by atoms with Crippen LogP contribution in [0.3, 0.4) is 0 Å². The molecule has 136 valence electrons. The summed E-state index contributed by atoms with van der Waals surface area (Å²) < 4.78 is 25.7. The highest BCUT2D eigenvalue weighted by Gasteiger charge is 2.24. The van der Waals surface area contributed by atoms with Gasteiger partial charge in [0.15, 0.2) is 0 Å². The second-order valence-electron chi connectivity index (χ2n) is 5.68. The molecule has 0 spiro atoms. The van der Waals surface area contributed by atoms with Gasteiger partial charge in [-0.1, -0.05) is 39.7 Å². The minimum absolute atomic E-state index is 0.0576. The number of ether oxygens (including phenoxy) is 2. The van der Waals surface area contributed by atoms with Crippen molar-refractivity contribution in [2.75, 3.05) is 19.8 Å². The van der Waals surface area contributed by atoms with Crippen LogP contribution in [-0.4, -0.2) is 41.7 Å². The maximum Gasteiger partial charge on any atom is 0.470 e. The molecule has 0 saturated heterocycles. The summed E-state index contributed by atoms with van der Waals surface area (Å²) in [5.74, 6) is 0.0418. The first-order valence-corrected chi connectivity index (χ1v) is 9.33. The Labute approximate surface area is 138 Å². The Balaban J connectivity index is 4.09. The minimum Gasteiger partial charge on any atom is -0.459 e. The van der Waals surface area contributed by atoms with E-state index >= 15 is 0 Å². The molecule has 2 atom stereocenters. The number of phosphoric ester groups is 1. The molecular formula is C15H29O7P. The van der Waals surface area contributed by atoms with Crippen molar-refractivity contribution >= 4 is 13.8 Å². The van der Waals surface area contributed by atoms with Crippen LogP contribution in [-0.2, 0) is 23.4 Å². The molecule has 0 amide bonds. The van der Waals surface area contributed by atoms with E-state index in [2.05, 4.69) is 25.0 Å². The summed E-state index contributed by atoms with van der Waals surface area (Å²) in [5.41, 5.74) is 0.200. The lowest BCUT2D eigenvalue weighted by Crippen LogP contribution is -2.26. The summed E-state index contributed by atoms with van der Waals surface area (Å²) in [6.45, 7) is 9.36. The van der Waals surface area contributed by atoms with Crippen LogP contribution in [0.2, 0.25) is 0 Å². The Morgan fingerprint density at radius 2 is 1.91 bits per heavy atom. The number of carbonyl (C=O) groups is 1. The summed E-state index contributed by atoms with van der Waals surface area (Å²) in [5, 5.41) is 0. The highest BCUT2D eigenvalue weighted by atomic mass is 31.2. The highest BCUT2D eigenvalue weighted by Crippen LogP contribution is 2.37. The van der Waals surface area contributed by atoms with Gasteiger partial charge in [0, 0.05) is 12.2 Å². The predicted octanol–water partition coefficient (Wildman–Crippen LogP) is 2.82. The molecule has 0 aromatic rings. The Morgan fingerprint density at radius 1 is 1.26 bits per heavy atom. The molecule has 0 bridgehead atoms. The van der Waals surface area contributed by atoms with Crippen LogP contribution >= 0.6 is 7.82 Å². The average Bonchev–Trinajstić information content (AvgIpc) is 2.45. The largest absolute Gasteiger partial charge is 0.470 e. The van der Waals surface area contributed by atoms with Crippen LogP contribution < -0.4 is 0 Å². The van der Waals surface area contributed by atoms with E-state index in [-0.39, 0.29) is 18.8 Å². The topological polar surface area (TPSA) is 102 Å². The fourth-order valence-corrected chi connectivity index (χ4v) is 2.22. The van der Waals surface area contributed by atoms with Crippen molar-refractivity contribution in [3.63, 3.8) is 0 Å². The smallest absolute Gasteiger partial charge is 0.459 e. The maximum absolute atomic E-state index is 11.3. The summed E-state index contributed by atoms with van der Waals surface area (Å²) in [7, 11) is -4.68. The lowest BCUT2D eigenvalue weighted by Gasteiger charge is -2.18. The van der Waals surface area contributed by atoms with Gasteiger partial charge in [0.25, 0.3) is 0 Å². The molecule has 0 fully saturated rings. The van der Waals surface area contributed by atoms with Gasteiger partial charge in [0.1, 0.15) is 12.7 Å². The zero-order chi connectivity index (χ0) is 17.9. The third kappa shape index (κ3) is 13.4. The standard InChI is InChI=1S/C15H29O7P/c1-5-13(4)8-6-7-9-20-10-14(22-23(17,18)19)11-21-15(16)12(2)3/h13-14H,2,5-11H2,1,3-4H3,(H2,17,18,19). The third-order valence-corrected chi connectivity index (χ3v) is 3.84. The van der Waals surface area contributed by atoms with Crippen molar-refractivity contribution in [3.8, 4) is 0 Å². The first-order valence-electron chi connectivity index (χ1n) is 7.80. The molecule has 0 aromatic heterocycles. The molecule has 0 rings (SSSR count). The number of hydrogen-bond donors (Lipinski definition) is 2. The molecular weight excluding hydrogens is 323 g/mol. The predicted molar refractivity (Wildman–Crippen MR) is 86.8 cm³/mol. The average molecular weight is 352 g/mol. The van der Waals surface area contributed by atoms with Gasteiger partial charge in [-0.2, -0.15) is 0 Å². The van der Waals surface area contributed by atoms with Gasteiger partial charge >= 0.3 is 13.8 Å². The molecule has 7 nitrogen and oxygen atoms in total. The summed E-state index contributed by atoms with van der Waals surface area (Å²) >= 11 is 0. The Bertz CT molecular complexity index is 405. The van der Waals surface area contributed by atoms with Crippen LogP contribution in [0.5, 0.6) is 0 Å². The first kappa shape index (κ1) is 22.3. The molecule has 8 heteroatoms. The van der Waals surface area contributed by atoms with Gasteiger partial charge in [0.2, 0.25) is 0 Å². The van der Waals surface area contributed by atoms with Crippen LogP contribution in [0.25, 0.3) is 0 Å². The van der Waals surface area contributed by atoms with E-state index in [9.17, 15) is 9.36 Å². The van der Waals surface area contributed by atoms with Gasteiger partial charge in [-0.15, -0.1) is 0 Å². The van der Waals surface area contributed by atoms with Gasteiger partial charge < -0.3 is 19.3 Å². The number of carbonyl (C=O) groups excluding carboxylic acids is 1. The summed E-state index contributed by atoms with van der Waals surface area (Å²) in [4.78, 5) is 29.0. The molecule has 2 N–H and O–H groups in total. The van der Waals surface area contributed by atoms with Gasteiger partial charge in [-0.05, 0) is 19.3 Å². The van der Waals surface area contributed by atoms with Crippen LogP contribution in [0.1, 0.15) is 46.5 Å². The van der Waals surface area contributed by atoms with Gasteiger partial charge in [-0.3, -0.25) is 4.52 Å². The SMILES string of the molecule is C=C(C)C(=O)OCC(COCCCCC(C)CC)OP(=O)(O)O. The van der Waals surface area contributed by atoms with Crippen molar-refractivity contribution < 1.29 is 33.1 Å². The molecule has 0 aromatic carbocycles. The molecule has 0 heterocycles. The molecule has 0 aliphatic carbocycles. The normalized spacial score (nSPS) is 14.3. The van der Waals surface area contributed by atoms with E-state index in [1.165, 1.54) is 6.92 Å². The fraction of sp³-hybridized carbons (Fsp3) is 0.800. The van der Waals surface area contributed by atoms with Crippen molar-refractivity contribution in [3.05, 3.63) is 12.2 Å². The number of rotatable bonds is 13. The first-order chi connectivity index (χ1) is 10.7. The number of hydrogen-bond acceptors (Lipinski definition) is 5. The van der Waals surface area contributed by atoms with Crippen molar-refractivity contribution in [1.82, 2.24) is 0 Å². The lowest BCUT2D eigenvalue weighted by atomic mass is 10.0. The lowest BCUT2D eigenvalue weighted by molar-refractivity contribution is -0.142. The zero-order valence-corrected chi connectivity index (χ0v) is 15.1. The Hall–Kier alpha value is -0.720. The van der Waals surface area contributed by atoms with Crippen molar-refractivity contribution in [2.45, 2.75) is 52.6 Å². The number of phosphoric acid groups is 1. The van der Waals surface area contributed by atoms with Gasteiger partial charge in [0.05, 0.1) is 6.61 Å². The molecule has 0 radical (unpaired) electrons. The van der Waals surface area contributed by atoms with Crippen molar-refractivity contribution in [1.29, 1.82) is 0 Å². The fourth-order valence-electron chi connectivity index (χ4n) is 1.71.